The van der Waals surface area contributed by atoms with E-state index in [1.807, 2.05) is 0 Å². The van der Waals surface area contributed by atoms with Crippen molar-refractivity contribution in [3.8, 4) is 0 Å². The third-order valence-corrected chi connectivity index (χ3v) is 4.08. The van der Waals surface area contributed by atoms with Crippen LogP contribution in [0.4, 0.5) is 0 Å². The summed E-state index contributed by atoms with van der Waals surface area (Å²) >= 11 is 0. The number of hydrogen-bond donors (Lipinski definition) is 3. The van der Waals surface area contributed by atoms with Crippen LogP contribution in [-0.2, 0) is 19.6 Å². The maximum Gasteiger partial charge on any atom is 1.00 e. The van der Waals surface area contributed by atoms with Crippen LogP contribution in [-0.4, -0.2) is 61.5 Å². The monoisotopic (exact) mass is 414 g/mol. The predicted molar refractivity (Wildman–Crippen MR) is 90.6 cm³/mol. The average Bonchev–Trinajstić information content (AvgIpc) is 2.61. The largest absolute Gasteiger partial charge is 1.00 e. The summed E-state index contributed by atoms with van der Waals surface area (Å²) < 4.78 is 41.8. The van der Waals surface area contributed by atoms with Gasteiger partial charge in [-0.25, -0.2) is 9.59 Å². The maximum absolute atomic E-state index is 12.0. The van der Waals surface area contributed by atoms with Crippen LogP contribution in [0.15, 0.2) is 23.1 Å². The molecule has 0 aliphatic carbocycles. The van der Waals surface area contributed by atoms with Crippen molar-refractivity contribution >= 4 is 22.1 Å². The van der Waals surface area contributed by atoms with Crippen molar-refractivity contribution in [3.05, 3.63) is 29.3 Å². The molecule has 0 saturated carbocycles. The van der Waals surface area contributed by atoms with Gasteiger partial charge in [0.2, 0.25) is 0 Å². The molecule has 0 aliphatic heterocycles. The molecule has 0 bridgehead atoms. The van der Waals surface area contributed by atoms with Crippen molar-refractivity contribution in [2.24, 2.45) is 0 Å². The summed E-state index contributed by atoms with van der Waals surface area (Å²) in [4.78, 5) is 23.4. The summed E-state index contributed by atoms with van der Waals surface area (Å²) in [7, 11) is -4.65. The minimum absolute atomic E-state index is 0. The maximum atomic E-state index is 12.0. The van der Waals surface area contributed by atoms with E-state index in [1.165, 1.54) is 0 Å². The molecule has 0 heterocycles. The van der Waals surface area contributed by atoms with Crippen molar-refractivity contribution < 1.29 is 73.2 Å². The summed E-state index contributed by atoms with van der Waals surface area (Å²) in [6.07, 6.45) is 1.70. The Bertz CT molecular complexity index is 683. The zero-order chi connectivity index (χ0) is 19.6. The van der Waals surface area contributed by atoms with Crippen molar-refractivity contribution in [2.75, 3.05) is 26.4 Å². The summed E-state index contributed by atoms with van der Waals surface area (Å²) in [6, 6.07) is 2.90. The summed E-state index contributed by atoms with van der Waals surface area (Å²) in [6.45, 7) is -0.0863. The van der Waals surface area contributed by atoms with Crippen LogP contribution in [0.2, 0.25) is 0 Å². The molecule has 0 aliphatic rings. The van der Waals surface area contributed by atoms with E-state index in [4.69, 9.17) is 19.7 Å². The predicted octanol–water partition coefficient (Wildman–Crippen LogP) is -2.09. The average molecular weight is 414 g/mol. The molecule has 0 atom stereocenters. The van der Waals surface area contributed by atoms with E-state index in [-0.39, 0.29) is 68.5 Å². The Kier molecular flexibility index (Phi) is 12.7. The van der Waals surface area contributed by atoms with Crippen LogP contribution in [0.25, 0.3) is 0 Å². The normalized spacial score (nSPS) is 10.8. The number of aliphatic hydroxyl groups is 2. The molecular weight excluding hydrogens is 391 g/mol. The van der Waals surface area contributed by atoms with E-state index in [9.17, 15) is 22.6 Å². The van der Waals surface area contributed by atoms with Gasteiger partial charge in [0.05, 0.1) is 29.2 Å². The minimum atomic E-state index is -4.65. The molecule has 11 heteroatoms. The standard InChI is InChI=1S/C16H22O9S.Na.H/c17-5-1-3-7-24-15(19)12-9-13(11-14(10-12)26(21,22)23)16(20)25-8-4-2-6-18;;/h9-11,17-18H,1-8H2,(H,21,22,23);;/q;+1;-1. The van der Waals surface area contributed by atoms with E-state index >= 15 is 0 Å². The van der Waals surface area contributed by atoms with Gasteiger partial charge in [-0.2, -0.15) is 8.42 Å². The SMILES string of the molecule is O=C(OCCCCO)c1cc(C(=O)OCCCCO)cc(S(=O)(=O)O)c1.[H-].[Na+]. The topological polar surface area (TPSA) is 147 Å². The Hall–Kier alpha value is -1.01. The summed E-state index contributed by atoms with van der Waals surface area (Å²) in [5, 5.41) is 17.4. The molecule has 1 rings (SSSR count). The number of carbonyl (C=O) groups is 2. The molecule has 0 unspecified atom stereocenters. The molecule has 0 aromatic heterocycles. The smallest absolute Gasteiger partial charge is 1.00 e. The molecule has 148 valence electrons. The number of hydrogen-bond acceptors (Lipinski definition) is 8. The van der Waals surface area contributed by atoms with Gasteiger partial charge in [-0.1, -0.05) is 0 Å². The van der Waals surface area contributed by atoms with E-state index in [0.717, 1.165) is 18.2 Å². The van der Waals surface area contributed by atoms with Crippen molar-refractivity contribution in [2.45, 2.75) is 30.6 Å². The van der Waals surface area contributed by atoms with Crippen molar-refractivity contribution in [3.63, 3.8) is 0 Å². The van der Waals surface area contributed by atoms with Gasteiger partial charge < -0.3 is 21.1 Å². The fraction of sp³-hybridized carbons (Fsp3) is 0.500. The fourth-order valence-electron chi connectivity index (χ4n) is 1.91. The third-order valence-electron chi connectivity index (χ3n) is 3.25. The second kappa shape index (κ2) is 13.2. The molecule has 0 spiro atoms. The molecule has 0 amide bonds. The van der Waals surface area contributed by atoms with Crippen LogP contribution < -0.4 is 29.6 Å². The minimum Gasteiger partial charge on any atom is -1.00 e. The molecule has 0 fully saturated rings. The third kappa shape index (κ3) is 9.65. The molecular formula is C16H23NaO9S. The molecule has 3 N–H and O–H groups in total. The molecule has 0 saturated heterocycles. The molecule has 9 nitrogen and oxygen atoms in total. The van der Waals surface area contributed by atoms with Gasteiger partial charge in [0.25, 0.3) is 10.1 Å². The van der Waals surface area contributed by atoms with Crippen molar-refractivity contribution in [1.82, 2.24) is 0 Å². The number of unbranched alkanes of at least 4 members (excludes halogenated alkanes) is 2. The first-order valence-corrected chi connectivity index (χ1v) is 9.42. The second-order valence-electron chi connectivity index (χ2n) is 5.35. The number of benzene rings is 1. The zero-order valence-corrected chi connectivity index (χ0v) is 17.9. The van der Waals surface area contributed by atoms with E-state index < -0.39 is 27.0 Å². The summed E-state index contributed by atoms with van der Waals surface area (Å²) in [5.74, 6) is -1.74. The number of ether oxygens (including phenoxy) is 2. The first-order chi connectivity index (χ1) is 12.3. The van der Waals surface area contributed by atoms with Crippen LogP contribution in [0.3, 0.4) is 0 Å². The summed E-state index contributed by atoms with van der Waals surface area (Å²) in [5.41, 5.74) is -0.460. The van der Waals surface area contributed by atoms with E-state index in [0.29, 0.717) is 25.7 Å². The van der Waals surface area contributed by atoms with Gasteiger partial charge >= 0.3 is 41.5 Å². The Morgan fingerprint density at radius 3 is 1.59 bits per heavy atom. The number of rotatable bonds is 11. The molecule has 1 aromatic carbocycles. The van der Waals surface area contributed by atoms with Gasteiger partial charge in [-0.15, -0.1) is 0 Å². The van der Waals surface area contributed by atoms with Gasteiger partial charge in [-0.05, 0) is 43.9 Å². The van der Waals surface area contributed by atoms with E-state index in [1.54, 1.807) is 0 Å². The van der Waals surface area contributed by atoms with Crippen molar-refractivity contribution in [1.29, 1.82) is 0 Å². The number of aliphatic hydroxyl groups excluding tert-OH is 2. The Morgan fingerprint density at radius 1 is 0.852 bits per heavy atom. The van der Waals surface area contributed by atoms with E-state index in [2.05, 4.69) is 0 Å². The quantitative estimate of drug-likeness (QED) is 0.160. The number of esters is 2. The second-order valence-corrected chi connectivity index (χ2v) is 6.78. The Balaban J connectivity index is 0. The Morgan fingerprint density at radius 2 is 1.26 bits per heavy atom. The molecule has 0 radical (unpaired) electrons. The first kappa shape index (κ1) is 26.0. The van der Waals surface area contributed by atoms with Crippen LogP contribution in [0, 0.1) is 0 Å². The van der Waals surface area contributed by atoms with Gasteiger partial charge in [0, 0.05) is 13.2 Å². The zero-order valence-electron chi connectivity index (χ0n) is 16.1. The van der Waals surface area contributed by atoms with Crippen LogP contribution in [0.5, 0.6) is 0 Å². The first-order valence-electron chi connectivity index (χ1n) is 7.98. The Labute approximate surface area is 181 Å². The fourth-order valence-corrected chi connectivity index (χ4v) is 2.46. The van der Waals surface area contributed by atoms with Gasteiger partial charge in [0.1, 0.15) is 0 Å². The van der Waals surface area contributed by atoms with Crippen LogP contribution >= 0.6 is 0 Å². The van der Waals surface area contributed by atoms with Gasteiger partial charge in [0.15, 0.2) is 0 Å². The molecule has 27 heavy (non-hydrogen) atoms. The van der Waals surface area contributed by atoms with Gasteiger partial charge in [-0.3, -0.25) is 4.55 Å². The molecule has 1 aromatic rings. The number of carbonyl (C=O) groups excluding carboxylic acids is 2. The van der Waals surface area contributed by atoms with Crippen LogP contribution in [0.1, 0.15) is 47.8 Å².